The number of hydrogen-bond donors (Lipinski definition) is 1. The SMILES string of the molecule is O=C(NCc1cccnc1)c1cn(-c2ccc(F)cc2)c2ncccc2c1=O. The van der Waals surface area contributed by atoms with Crippen molar-refractivity contribution in [2.75, 3.05) is 0 Å². The van der Waals surface area contributed by atoms with Crippen LogP contribution in [0.3, 0.4) is 0 Å². The Morgan fingerprint density at radius 3 is 2.61 bits per heavy atom. The largest absolute Gasteiger partial charge is 0.348 e. The lowest BCUT2D eigenvalue weighted by atomic mass is 10.1. The van der Waals surface area contributed by atoms with E-state index in [9.17, 15) is 14.0 Å². The number of hydrogen-bond acceptors (Lipinski definition) is 4. The molecule has 0 bridgehead atoms. The minimum atomic E-state index is -0.504. The monoisotopic (exact) mass is 374 g/mol. The number of nitrogens with one attached hydrogen (secondary N) is 1. The van der Waals surface area contributed by atoms with Crippen molar-refractivity contribution in [1.29, 1.82) is 0 Å². The summed E-state index contributed by atoms with van der Waals surface area (Å²) in [6, 6.07) is 12.6. The summed E-state index contributed by atoms with van der Waals surface area (Å²) in [6.07, 6.45) is 6.28. The number of rotatable bonds is 4. The first kappa shape index (κ1) is 17.5. The summed E-state index contributed by atoms with van der Waals surface area (Å²) in [6.45, 7) is 0.244. The molecule has 4 aromatic rings. The van der Waals surface area contributed by atoms with Gasteiger partial charge < -0.3 is 9.88 Å². The number of nitrogens with zero attached hydrogens (tertiary/aromatic N) is 3. The Balaban J connectivity index is 1.78. The first-order valence-corrected chi connectivity index (χ1v) is 8.57. The molecule has 0 spiro atoms. The highest BCUT2D eigenvalue weighted by molar-refractivity contribution is 5.97. The number of fused-ring (bicyclic) bond motifs is 1. The molecule has 7 heteroatoms. The molecule has 0 unspecified atom stereocenters. The molecule has 0 saturated heterocycles. The predicted molar refractivity (Wildman–Crippen MR) is 103 cm³/mol. The fourth-order valence-corrected chi connectivity index (χ4v) is 2.90. The van der Waals surface area contributed by atoms with Gasteiger partial charge in [-0.15, -0.1) is 0 Å². The Hall–Kier alpha value is -3.87. The lowest BCUT2D eigenvalue weighted by Gasteiger charge is -2.13. The van der Waals surface area contributed by atoms with Crippen LogP contribution in [0.5, 0.6) is 0 Å². The molecule has 0 aliphatic rings. The van der Waals surface area contributed by atoms with Crippen molar-refractivity contribution in [3.05, 3.63) is 100 Å². The number of aromatic nitrogens is 3. The van der Waals surface area contributed by atoms with Gasteiger partial charge in [-0.05, 0) is 48.0 Å². The van der Waals surface area contributed by atoms with Gasteiger partial charge >= 0.3 is 0 Å². The lowest BCUT2D eigenvalue weighted by Crippen LogP contribution is -2.29. The van der Waals surface area contributed by atoms with Gasteiger partial charge in [-0.2, -0.15) is 0 Å². The van der Waals surface area contributed by atoms with Crippen LogP contribution in [0.15, 0.2) is 78.1 Å². The van der Waals surface area contributed by atoms with E-state index in [1.54, 1.807) is 53.5 Å². The van der Waals surface area contributed by atoms with Gasteiger partial charge in [-0.3, -0.25) is 14.6 Å². The second kappa shape index (κ2) is 7.40. The minimum Gasteiger partial charge on any atom is -0.348 e. The average molecular weight is 374 g/mol. The number of amides is 1. The summed E-state index contributed by atoms with van der Waals surface area (Å²) in [5, 5.41) is 3.04. The van der Waals surface area contributed by atoms with E-state index in [0.717, 1.165) is 5.56 Å². The van der Waals surface area contributed by atoms with Crippen molar-refractivity contribution in [3.63, 3.8) is 0 Å². The van der Waals surface area contributed by atoms with Crippen molar-refractivity contribution < 1.29 is 9.18 Å². The Morgan fingerprint density at radius 1 is 1.07 bits per heavy atom. The highest BCUT2D eigenvalue weighted by Gasteiger charge is 2.16. The van der Waals surface area contributed by atoms with E-state index < -0.39 is 11.3 Å². The van der Waals surface area contributed by atoms with Gasteiger partial charge in [0, 0.05) is 37.0 Å². The molecule has 1 N–H and O–H groups in total. The molecule has 0 aliphatic carbocycles. The fourth-order valence-electron chi connectivity index (χ4n) is 2.90. The Morgan fingerprint density at radius 2 is 1.86 bits per heavy atom. The molecule has 28 heavy (non-hydrogen) atoms. The van der Waals surface area contributed by atoms with Crippen molar-refractivity contribution in [2.45, 2.75) is 6.54 Å². The third-order valence-corrected chi connectivity index (χ3v) is 4.29. The summed E-state index contributed by atoms with van der Waals surface area (Å²) in [7, 11) is 0. The molecule has 1 amide bonds. The van der Waals surface area contributed by atoms with Crippen LogP contribution in [0.2, 0.25) is 0 Å². The molecule has 3 aromatic heterocycles. The van der Waals surface area contributed by atoms with E-state index in [2.05, 4.69) is 15.3 Å². The van der Waals surface area contributed by atoms with Gasteiger partial charge in [0.15, 0.2) is 0 Å². The number of benzene rings is 1. The first-order chi connectivity index (χ1) is 13.6. The molecular weight excluding hydrogens is 359 g/mol. The normalized spacial score (nSPS) is 10.8. The van der Waals surface area contributed by atoms with E-state index in [1.165, 1.54) is 18.3 Å². The van der Waals surface area contributed by atoms with Crippen LogP contribution in [0.4, 0.5) is 4.39 Å². The summed E-state index contributed by atoms with van der Waals surface area (Å²) in [4.78, 5) is 33.8. The highest BCUT2D eigenvalue weighted by atomic mass is 19.1. The van der Waals surface area contributed by atoms with Crippen LogP contribution in [0, 0.1) is 5.82 Å². The number of carbonyl (C=O) groups is 1. The summed E-state index contributed by atoms with van der Waals surface area (Å²) in [5.74, 6) is -0.882. The zero-order valence-corrected chi connectivity index (χ0v) is 14.7. The molecule has 0 saturated carbocycles. The van der Waals surface area contributed by atoms with Gasteiger partial charge in [0.1, 0.15) is 17.0 Å². The molecule has 0 atom stereocenters. The van der Waals surface area contributed by atoms with E-state index in [-0.39, 0.29) is 17.9 Å². The summed E-state index contributed by atoms with van der Waals surface area (Å²) in [5.41, 5.74) is 1.37. The smallest absolute Gasteiger partial charge is 0.257 e. The molecule has 138 valence electrons. The van der Waals surface area contributed by atoms with Crippen LogP contribution in [-0.4, -0.2) is 20.4 Å². The maximum absolute atomic E-state index is 13.3. The van der Waals surface area contributed by atoms with Crippen LogP contribution in [-0.2, 0) is 6.54 Å². The predicted octanol–water partition coefficient (Wildman–Crippen LogP) is 2.85. The third kappa shape index (κ3) is 3.37. The topological polar surface area (TPSA) is 76.9 Å². The summed E-state index contributed by atoms with van der Waals surface area (Å²) < 4.78 is 14.9. The van der Waals surface area contributed by atoms with Crippen LogP contribution >= 0.6 is 0 Å². The van der Waals surface area contributed by atoms with E-state index >= 15 is 0 Å². The van der Waals surface area contributed by atoms with E-state index in [0.29, 0.717) is 16.7 Å². The lowest BCUT2D eigenvalue weighted by molar-refractivity contribution is 0.0949. The van der Waals surface area contributed by atoms with Crippen LogP contribution in [0.25, 0.3) is 16.7 Å². The molecule has 0 fully saturated rings. The molecule has 3 heterocycles. The maximum atomic E-state index is 13.3. The highest BCUT2D eigenvalue weighted by Crippen LogP contribution is 2.16. The first-order valence-electron chi connectivity index (χ1n) is 8.57. The second-order valence-electron chi connectivity index (χ2n) is 6.14. The molecule has 6 nitrogen and oxygen atoms in total. The summed E-state index contributed by atoms with van der Waals surface area (Å²) >= 11 is 0. The quantitative estimate of drug-likeness (QED) is 0.596. The van der Waals surface area contributed by atoms with Gasteiger partial charge in [-0.25, -0.2) is 9.37 Å². The Bertz CT molecular complexity index is 1200. The number of halogens is 1. The Labute approximate surface area is 159 Å². The fraction of sp³-hybridized carbons (Fsp3) is 0.0476. The van der Waals surface area contributed by atoms with Crippen molar-refractivity contribution in [3.8, 4) is 5.69 Å². The molecule has 1 aromatic carbocycles. The van der Waals surface area contributed by atoms with Crippen molar-refractivity contribution in [1.82, 2.24) is 19.9 Å². The third-order valence-electron chi connectivity index (χ3n) is 4.29. The molecular formula is C21H15FN4O2. The van der Waals surface area contributed by atoms with Gasteiger partial charge in [-0.1, -0.05) is 6.07 Å². The molecule has 0 aliphatic heterocycles. The van der Waals surface area contributed by atoms with E-state index in [4.69, 9.17) is 0 Å². The minimum absolute atomic E-state index is 0.0197. The van der Waals surface area contributed by atoms with Crippen LogP contribution < -0.4 is 10.7 Å². The van der Waals surface area contributed by atoms with Crippen molar-refractivity contribution in [2.24, 2.45) is 0 Å². The van der Waals surface area contributed by atoms with Crippen molar-refractivity contribution >= 4 is 16.9 Å². The van der Waals surface area contributed by atoms with Gasteiger partial charge in [0.25, 0.3) is 5.91 Å². The van der Waals surface area contributed by atoms with E-state index in [1.807, 2.05) is 6.07 Å². The molecule has 4 rings (SSSR count). The van der Waals surface area contributed by atoms with Crippen LogP contribution in [0.1, 0.15) is 15.9 Å². The number of carbonyl (C=O) groups excluding carboxylic acids is 1. The number of pyridine rings is 3. The van der Waals surface area contributed by atoms with Gasteiger partial charge in [0.05, 0.1) is 5.39 Å². The average Bonchev–Trinajstić information content (AvgIpc) is 2.74. The standard InChI is InChI=1S/C21H15FN4O2/c22-15-5-7-16(8-6-15)26-13-18(19(27)17-4-2-10-24-20(17)26)21(28)25-12-14-3-1-9-23-11-14/h1-11,13H,12H2,(H,25,28). The maximum Gasteiger partial charge on any atom is 0.257 e. The Kier molecular flexibility index (Phi) is 4.63. The van der Waals surface area contributed by atoms with Gasteiger partial charge in [0.2, 0.25) is 5.43 Å². The zero-order chi connectivity index (χ0) is 19.5. The second-order valence-corrected chi connectivity index (χ2v) is 6.14. The zero-order valence-electron chi connectivity index (χ0n) is 14.7. The molecule has 0 radical (unpaired) electrons.